The summed E-state index contributed by atoms with van der Waals surface area (Å²) < 4.78 is 34.3. The zero-order valence-electron chi connectivity index (χ0n) is 56.2. The van der Waals surface area contributed by atoms with Crippen molar-refractivity contribution in [1.82, 2.24) is 0 Å². The van der Waals surface area contributed by atoms with E-state index in [1.54, 1.807) is 0 Å². The number of carbonyl (C=O) groups excluding carboxylic acids is 2. The first kappa shape index (κ1) is 82.4. The zero-order chi connectivity index (χ0) is 62.6. The van der Waals surface area contributed by atoms with E-state index < -0.39 is 26.5 Å². The van der Waals surface area contributed by atoms with Crippen LogP contribution >= 0.6 is 7.82 Å². The molecule has 0 rings (SSSR count). The number of unbranched alkanes of at least 4 members (excludes halogenated alkanes) is 30. The predicted octanol–water partition coefficient (Wildman–Crippen LogP) is 22.4. The number of esters is 2. The Balaban J connectivity index is 4.05. The fourth-order valence-corrected chi connectivity index (χ4v) is 10.4. The number of phosphoric acid groups is 1. The standard InChI is InChI=1S/C76H132NO8P/c1-6-8-10-12-14-16-18-20-22-24-26-28-30-32-34-36-38-40-42-44-46-48-50-52-54-56-58-60-62-64-66-68-75(78)82-72-74(73-84-86(80,81)83-71-70-77(3,4)5)85-76(79)69-67-65-63-61-59-57-55-53-51-49-47-45-43-41-39-37-35-33-31-29-27-25-23-21-19-17-15-13-11-9-7-2/h8-11,14-17,20-23,26-29,32-35,74H,6-7,12-13,18-19,24-25,30-31,36-73H2,1-5H3/b10-8-,11-9-,16-14-,17-15-,22-20-,23-21-,28-26-,29-27-,34-32-,35-33-. The van der Waals surface area contributed by atoms with Gasteiger partial charge in [0.25, 0.3) is 7.82 Å². The summed E-state index contributed by atoms with van der Waals surface area (Å²) in [7, 11) is 1.16. The number of hydrogen-bond donors (Lipinski definition) is 0. The van der Waals surface area contributed by atoms with Gasteiger partial charge in [-0.3, -0.25) is 14.2 Å². The summed E-state index contributed by atoms with van der Waals surface area (Å²) in [5, 5.41) is 0. The van der Waals surface area contributed by atoms with Crippen molar-refractivity contribution in [2.45, 2.75) is 302 Å². The third-order valence-corrected chi connectivity index (χ3v) is 15.9. The fourth-order valence-electron chi connectivity index (χ4n) is 9.65. The Labute approximate surface area is 530 Å². The molecule has 0 aliphatic heterocycles. The van der Waals surface area contributed by atoms with E-state index in [9.17, 15) is 19.0 Å². The van der Waals surface area contributed by atoms with Gasteiger partial charge in [0.2, 0.25) is 0 Å². The Morgan fingerprint density at radius 2 is 0.628 bits per heavy atom. The summed E-state index contributed by atoms with van der Waals surface area (Å²) in [5.74, 6) is -0.829. The molecule has 0 bridgehead atoms. The van der Waals surface area contributed by atoms with Crippen molar-refractivity contribution >= 4 is 19.8 Å². The maximum Gasteiger partial charge on any atom is 0.306 e. The van der Waals surface area contributed by atoms with E-state index in [4.69, 9.17) is 18.5 Å². The molecule has 0 N–H and O–H groups in total. The summed E-state index contributed by atoms with van der Waals surface area (Å²) in [6, 6.07) is 0. The van der Waals surface area contributed by atoms with Crippen LogP contribution in [0.25, 0.3) is 0 Å². The molecule has 0 spiro atoms. The van der Waals surface area contributed by atoms with Crippen LogP contribution in [0, 0.1) is 0 Å². The molecule has 0 amide bonds. The van der Waals surface area contributed by atoms with Crippen LogP contribution in [0.1, 0.15) is 296 Å². The van der Waals surface area contributed by atoms with E-state index >= 15 is 0 Å². The number of ether oxygens (including phenoxy) is 2. The minimum atomic E-state index is -4.65. The minimum Gasteiger partial charge on any atom is -0.756 e. The van der Waals surface area contributed by atoms with Gasteiger partial charge in [-0.2, -0.15) is 0 Å². The number of rotatable bonds is 64. The number of allylic oxidation sites excluding steroid dienone is 20. The van der Waals surface area contributed by atoms with E-state index in [0.717, 1.165) is 103 Å². The first-order valence-corrected chi connectivity index (χ1v) is 36.7. The summed E-state index contributed by atoms with van der Waals surface area (Å²) in [6.07, 6.45) is 94.2. The SMILES string of the molecule is CC/C=C\C/C=C\C/C=C\C/C=C\C/C=C\CCCCCCCCCCCCCCCCCC(=O)OCC(COP(=O)([O-])OCC[N+](C)(C)C)OC(=O)CCCCCCCCCCCCCCCCC/C=C\C/C=C\C/C=C\C/C=C\C/C=C\CC. The van der Waals surface area contributed by atoms with Crippen molar-refractivity contribution in [3.05, 3.63) is 122 Å². The highest BCUT2D eigenvalue weighted by atomic mass is 31.2. The second-order valence-electron chi connectivity index (χ2n) is 24.5. The molecule has 9 nitrogen and oxygen atoms in total. The minimum absolute atomic E-state index is 0.0343. The number of phosphoric ester groups is 1. The van der Waals surface area contributed by atoms with Crippen LogP contribution in [0.15, 0.2) is 122 Å². The number of likely N-dealkylation sites (N-methyl/N-ethyl adjacent to an activating group) is 1. The average Bonchev–Trinajstić information content (AvgIpc) is 3.64. The Kier molecular flexibility index (Phi) is 63.1. The molecular formula is C76H132NO8P. The van der Waals surface area contributed by atoms with E-state index in [1.165, 1.54) is 161 Å². The molecule has 0 heterocycles. The molecule has 0 saturated carbocycles. The van der Waals surface area contributed by atoms with Crippen molar-refractivity contribution in [3.63, 3.8) is 0 Å². The Morgan fingerprint density at radius 1 is 0.360 bits per heavy atom. The van der Waals surface area contributed by atoms with Gasteiger partial charge in [0.15, 0.2) is 6.10 Å². The summed E-state index contributed by atoms with van der Waals surface area (Å²) >= 11 is 0. The Hall–Kier alpha value is -3.59. The Bertz CT molecular complexity index is 1870. The average molecular weight is 1220 g/mol. The van der Waals surface area contributed by atoms with E-state index in [2.05, 4.69) is 135 Å². The van der Waals surface area contributed by atoms with Crippen LogP contribution in [-0.4, -0.2) is 70.0 Å². The normalized spacial score (nSPS) is 13.9. The number of quaternary nitrogens is 1. The molecule has 0 aromatic heterocycles. The lowest BCUT2D eigenvalue weighted by molar-refractivity contribution is -0.870. The maximum atomic E-state index is 12.9. The molecule has 494 valence electrons. The highest BCUT2D eigenvalue weighted by Gasteiger charge is 2.22. The Morgan fingerprint density at radius 3 is 0.930 bits per heavy atom. The maximum absolute atomic E-state index is 12.9. The second kappa shape index (κ2) is 65.8. The third kappa shape index (κ3) is 69.5. The van der Waals surface area contributed by atoms with Gasteiger partial charge in [-0.1, -0.05) is 302 Å². The van der Waals surface area contributed by atoms with Crippen LogP contribution in [-0.2, 0) is 32.7 Å². The van der Waals surface area contributed by atoms with E-state index in [1.807, 2.05) is 21.1 Å². The largest absolute Gasteiger partial charge is 0.756 e. The van der Waals surface area contributed by atoms with E-state index in [0.29, 0.717) is 17.4 Å². The predicted molar refractivity (Wildman–Crippen MR) is 369 cm³/mol. The van der Waals surface area contributed by atoms with Crippen LogP contribution < -0.4 is 4.89 Å². The summed E-state index contributed by atoms with van der Waals surface area (Å²) in [4.78, 5) is 38.1. The molecule has 0 aromatic carbocycles. The van der Waals surface area contributed by atoms with Gasteiger partial charge < -0.3 is 27.9 Å². The van der Waals surface area contributed by atoms with Crippen LogP contribution in [0.2, 0.25) is 0 Å². The fraction of sp³-hybridized carbons (Fsp3) is 0.711. The summed E-state index contributed by atoms with van der Waals surface area (Å²) in [6.45, 7) is 4.04. The first-order chi connectivity index (χ1) is 42.0. The van der Waals surface area contributed by atoms with Crippen molar-refractivity contribution in [2.24, 2.45) is 0 Å². The van der Waals surface area contributed by atoms with Crippen LogP contribution in [0.5, 0.6) is 0 Å². The molecule has 86 heavy (non-hydrogen) atoms. The summed E-state index contributed by atoms with van der Waals surface area (Å²) in [5.41, 5.74) is 0. The van der Waals surface area contributed by atoms with Crippen LogP contribution in [0.3, 0.4) is 0 Å². The van der Waals surface area contributed by atoms with Crippen LogP contribution in [0.4, 0.5) is 0 Å². The van der Waals surface area contributed by atoms with Crippen molar-refractivity contribution in [3.8, 4) is 0 Å². The molecule has 0 fully saturated rings. The van der Waals surface area contributed by atoms with E-state index in [-0.39, 0.29) is 32.0 Å². The number of nitrogens with zero attached hydrogens (tertiary/aromatic N) is 1. The molecule has 0 aromatic rings. The molecule has 0 saturated heterocycles. The smallest absolute Gasteiger partial charge is 0.306 e. The lowest BCUT2D eigenvalue weighted by atomic mass is 10.0. The molecule has 2 unspecified atom stereocenters. The molecule has 0 aliphatic rings. The topological polar surface area (TPSA) is 111 Å². The number of carbonyl (C=O) groups is 2. The van der Waals surface area contributed by atoms with Crippen molar-refractivity contribution < 1.29 is 42.1 Å². The third-order valence-electron chi connectivity index (χ3n) is 15.0. The number of hydrogen-bond acceptors (Lipinski definition) is 8. The monoisotopic (exact) mass is 1220 g/mol. The van der Waals surface area contributed by atoms with Gasteiger partial charge in [-0.25, -0.2) is 0 Å². The van der Waals surface area contributed by atoms with Gasteiger partial charge in [0.05, 0.1) is 27.7 Å². The zero-order valence-corrected chi connectivity index (χ0v) is 57.1. The van der Waals surface area contributed by atoms with Gasteiger partial charge in [-0.05, 0) is 103 Å². The van der Waals surface area contributed by atoms with Crippen molar-refractivity contribution in [1.29, 1.82) is 0 Å². The molecule has 0 aliphatic carbocycles. The molecule has 10 heteroatoms. The van der Waals surface area contributed by atoms with Gasteiger partial charge in [0, 0.05) is 12.8 Å². The molecule has 0 radical (unpaired) electrons. The van der Waals surface area contributed by atoms with Crippen molar-refractivity contribution in [2.75, 3.05) is 47.5 Å². The quantitative estimate of drug-likeness (QED) is 0.0195. The van der Waals surface area contributed by atoms with Gasteiger partial charge in [-0.15, -0.1) is 0 Å². The van der Waals surface area contributed by atoms with Gasteiger partial charge in [0.1, 0.15) is 19.8 Å². The highest BCUT2D eigenvalue weighted by Crippen LogP contribution is 2.38. The first-order valence-electron chi connectivity index (χ1n) is 35.2. The second-order valence-corrected chi connectivity index (χ2v) is 25.9. The lowest BCUT2D eigenvalue weighted by Gasteiger charge is -2.28. The molecular weight excluding hydrogens is 1090 g/mol. The highest BCUT2D eigenvalue weighted by molar-refractivity contribution is 7.45. The molecule has 2 atom stereocenters. The van der Waals surface area contributed by atoms with Gasteiger partial charge >= 0.3 is 11.9 Å². The lowest BCUT2D eigenvalue weighted by Crippen LogP contribution is -2.37.